The normalized spacial score (nSPS) is 13.0. The zero-order chi connectivity index (χ0) is 11.7. The molecule has 0 bridgehead atoms. The van der Waals surface area contributed by atoms with Gasteiger partial charge in [-0.15, -0.1) is 0 Å². The molecule has 0 saturated heterocycles. The van der Waals surface area contributed by atoms with Crippen molar-refractivity contribution < 1.29 is 5.11 Å². The lowest BCUT2D eigenvalue weighted by atomic mass is 10.2. The molecule has 1 atom stereocenters. The van der Waals surface area contributed by atoms with Crippen LogP contribution in [-0.2, 0) is 13.6 Å². The Balaban J connectivity index is 2.39. The first-order valence-corrected chi connectivity index (χ1v) is 5.28. The summed E-state index contributed by atoms with van der Waals surface area (Å²) >= 11 is 0. The highest BCUT2D eigenvalue weighted by Gasteiger charge is 2.10. The van der Waals surface area contributed by atoms with Crippen molar-refractivity contribution in [3.8, 4) is 11.3 Å². The molecule has 0 radical (unpaired) electrons. The Kier molecular flexibility index (Phi) is 2.78. The molecule has 2 heterocycles. The van der Waals surface area contributed by atoms with Gasteiger partial charge in [-0.05, 0) is 19.9 Å². The van der Waals surface area contributed by atoms with Crippen LogP contribution in [0.25, 0.3) is 11.3 Å². The quantitative estimate of drug-likeness (QED) is 0.838. The van der Waals surface area contributed by atoms with Crippen LogP contribution in [0.15, 0.2) is 18.5 Å². The molecule has 16 heavy (non-hydrogen) atoms. The van der Waals surface area contributed by atoms with E-state index >= 15 is 0 Å². The van der Waals surface area contributed by atoms with Gasteiger partial charge in [-0.25, -0.2) is 0 Å². The molecule has 2 aromatic rings. The number of aryl methyl sites for hydroxylation is 2. The summed E-state index contributed by atoms with van der Waals surface area (Å²) in [4.78, 5) is 0. The van der Waals surface area contributed by atoms with Gasteiger partial charge in [0.1, 0.15) is 0 Å². The number of hydrogen-bond acceptors (Lipinski definition) is 3. The number of aliphatic hydroxyl groups is 1. The van der Waals surface area contributed by atoms with Crippen LogP contribution in [0.2, 0.25) is 0 Å². The van der Waals surface area contributed by atoms with E-state index in [1.54, 1.807) is 17.8 Å². The molecule has 2 rings (SSSR count). The number of aromatic nitrogens is 4. The fourth-order valence-corrected chi connectivity index (χ4v) is 1.72. The van der Waals surface area contributed by atoms with Gasteiger partial charge < -0.3 is 5.11 Å². The first kappa shape index (κ1) is 10.9. The Morgan fingerprint density at radius 3 is 2.81 bits per heavy atom. The molecule has 5 heteroatoms. The second kappa shape index (κ2) is 4.09. The highest BCUT2D eigenvalue weighted by Crippen LogP contribution is 2.19. The van der Waals surface area contributed by atoms with Gasteiger partial charge in [0.15, 0.2) is 0 Å². The lowest BCUT2D eigenvalue weighted by molar-refractivity contribution is 0.169. The molecule has 0 aliphatic carbocycles. The summed E-state index contributed by atoms with van der Waals surface area (Å²) in [6.07, 6.45) is 3.33. The molecular formula is C11H16N4O. The molecule has 0 aromatic carbocycles. The predicted octanol–water partition coefficient (Wildman–Crippen LogP) is 0.973. The van der Waals surface area contributed by atoms with E-state index in [2.05, 4.69) is 10.2 Å². The van der Waals surface area contributed by atoms with E-state index in [9.17, 15) is 5.11 Å². The summed E-state index contributed by atoms with van der Waals surface area (Å²) in [5.41, 5.74) is 2.95. The van der Waals surface area contributed by atoms with Crippen LogP contribution >= 0.6 is 0 Å². The van der Waals surface area contributed by atoms with E-state index in [1.165, 1.54) is 0 Å². The van der Waals surface area contributed by atoms with Gasteiger partial charge in [-0.3, -0.25) is 9.36 Å². The maximum atomic E-state index is 9.41. The van der Waals surface area contributed by atoms with Crippen molar-refractivity contribution in [2.75, 3.05) is 0 Å². The third kappa shape index (κ3) is 2.14. The molecule has 86 valence electrons. The van der Waals surface area contributed by atoms with Crippen molar-refractivity contribution in [3.63, 3.8) is 0 Å². The summed E-state index contributed by atoms with van der Waals surface area (Å²) in [7, 11) is 1.88. The first-order chi connectivity index (χ1) is 7.56. The maximum Gasteiger partial charge on any atom is 0.0717 e. The molecule has 0 saturated carbocycles. The molecule has 0 amide bonds. The average molecular weight is 220 g/mol. The predicted molar refractivity (Wildman–Crippen MR) is 60.8 cm³/mol. The number of aliphatic hydroxyl groups excluding tert-OH is 1. The van der Waals surface area contributed by atoms with Gasteiger partial charge in [-0.1, -0.05) is 0 Å². The molecule has 0 aliphatic heterocycles. The van der Waals surface area contributed by atoms with Crippen molar-refractivity contribution in [2.24, 2.45) is 7.05 Å². The second-order valence-electron chi connectivity index (χ2n) is 4.10. The van der Waals surface area contributed by atoms with Crippen molar-refractivity contribution in [3.05, 3.63) is 24.2 Å². The standard InChI is InChI=1S/C11H16N4O/c1-8-4-11(10-5-12-14(3)7-10)15(13-8)6-9(2)16/h4-5,7,9,16H,6H2,1-3H3/t9-/m0/s1. The molecule has 0 unspecified atom stereocenters. The second-order valence-corrected chi connectivity index (χ2v) is 4.10. The molecular weight excluding hydrogens is 204 g/mol. The summed E-state index contributed by atoms with van der Waals surface area (Å²) in [6, 6.07) is 2.00. The minimum Gasteiger partial charge on any atom is -0.391 e. The third-order valence-electron chi connectivity index (χ3n) is 2.34. The van der Waals surface area contributed by atoms with Gasteiger partial charge in [-0.2, -0.15) is 10.2 Å². The van der Waals surface area contributed by atoms with E-state index in [0.717, 1.165) is 17.0 Å². The summed E-state index contributed by atoms with van der Waals surface area (Å²) in [6.45, 7) is 4.19. The Morgan fingerprint density at radius 1 is 1.50 bits per heavy atom. The Morgan fingerprint density at radius 2 is 2.25 bits per heavy atom. The fourth-order valence-electron chi connectivity index (χ4n) is 1.72. The van der Waals surface area contributed by atoms with Crippen LogP contribution in [-0.4, -0.2) is 30.8 Å². The SMILES string of the molecule is Cc1cc(-c2cnn(C)c2)n(C[C@H](C)O)n1. The molecule has 5 nitrogen and oxygen atoms in total. The number of rotatable bonds is 3. The summed E-state index contributed by atoms with van der Waals surface area (Å²) < 4.78 is 3.57. The lowest BCUT2D eigenvalue weighted by Crippen LogP contribution is -2.13. The van der Waals surface area contributed by atoms with Gasteiger partial charge in [0, 0.05) is 18.8 Å². The van der Waals surface area contributed by atoms with Crippen molar-refractivity contribution in [1.29, 1.82) is 0 Å². The fraction of sp³-hybridized carbons (Fsp3) is 0.455. The Hall–Kier alpha value is -1.62. The van der Waals surface area contributed by atoms with E-state index in [1.807, 2.05) is 30.9 Å². The molecule has 2 aromatic heterocycles. The topological polar surface area (TPSA) is 55.9 Å². The Bertz CT molecular complexity index is 484. The minimum absolute atomic E-state index is 0.408. The maximum absolute atomic E-state index is 9.41. The van der Waals surface area contributed by atoms with E-state index in [-0.39, 0.29) is 0 Å². The monoisotopic (exact) mass is 220 g/mol. The number of hydrogen-bond donors (Lipinski definition) is 1. The third-order valence-corrected chi connectivity index (χ3v) is 2.34. The van der Waals surface area contributed by atoms with Gasteiger partial charge >= 0.3 is 0 Å². The van der Waals surface area contributed by atoms with E-state index in [0.29, 0.717) is 6.54 Å². The van der Waals surface area contributed by atoms with E-state index < -0.39 is 6.10 Å². The first-order valence-electron chi connectivity index (χ1n) is 5.28. The molecule has 0 aliphatic rings. The zero-order valence-electron chi connectivity index (χ0n) is 9.75. The smallest absolute Gasteiger partial charge is 0.0717 e. The largest absolute Gasteiger partial charge is 0.391 e. The average Bonchev–Trinajstić information content (AvgIpc) is 2.72. The minimum atomic E-state index is -0.408. The van der Waals surface area contributed by atoms with Crippen molar-refractivity contribution in [2.45, 2.75) is 26.5 Å². The highest BCUT2D eigenvalue weighted by molar-refractivity contribution is 5.57. The van der Waals surface area contributed by atoms with Gasteiger partial charge in [0.2, 0.25) is 0 Å². The highest BCUT2D eigenvalue weighted by atomic mass is 16.3. The van der Waals surface area contributed by atoms with Crippen molar-refractivity contribution in [1.82, 2.24) is 19.6 Å². The Labute approximate surface area is 94.3 Å². The lowest BCUT2D eigenvalue weighted by Gasteiger charge is -2.07. The molecule has 0 spiro atoms. The van der Waals surface area contributed by atoms with Crippen LogP contribution < -0.4 is 0 Å². The molecule has 0 fully saturated rings. The number of nitrogens with zero attached hydrogens (tertiary/aromatic N) is 4. The van der Waals surface area contributed by atoms with E-state index in [4.69, 9.17) is 0 Å². The van der Waals surface area contributed by atoms with Crippen LogP contribution in [0.1, 0.15) is 12.6 Å². The summed E-state index contributed by atoms with van der Waals surface area (Å²) in [5, 5.41) is 17.9. The van der Waals surface area contributed by atoms with Crippen molar-refractivity contribution >= 4 is 0 Å². The summed E-state index contributed by atoms with van der Waals surface area (Å²) in [5.74, 6) is 0. The van der Waals surface area contributed by atoms with Crippen LogP contribution in [0.3, 0.4) is 0 Å². The van der Waals surface area contributed by atoms with Crippen LogP contribution in [0.4, 0.5) is 0 Å². The molecule has 1 N–H and O–H groups in total. The van der Waals surface area contributed by atoms with Gasteiger partial charge in [0.05, 0.1) is 30.2 Å². The van der Waals surface area contributed by atoms with Crippen LogP contribution in [0, 0.1) is 6.92 Å². The van der Waals surface area contributed by atoms with Gasteiger partial charge in [0.25, 0.3) is 0 Å². The zero-order valence-corrected chi connectivity index (χ0v) is 9.75. The van der Waals surface area contributed by atoms with Crippen LogP contribution in [0.5, 0.6) is 0 Å².